The van der Waals surface area contributed by atoms with Crippen LogP contribution in [0.2, 0.25) is 0 Å². The Balaban J connectivity index is 2.52. The first-order valence-electron chi connectivity index (χ1n) is 4.90. The highest BCUT2D eigenvalue weighted by atomic mass is 127. The van der Waals surface area contributed by atoms with Gasteiger partial charge in [-0.2, -0.15) is 0 Å². The second-order valence-corrected chi connectivity index (χ2v) is 5.42. The predicted molar refractivity (Wildman–Crippen MR) is 77.0 cm³/mol. The Kier molecular flexibility index (Phi) is 4.13. The number of rotatable bonds is 3. The minimum atomic E-state index is -0.141. The third-order valence-corrected chi connectivity index (χ3v) is 4.03. The number of nitrogens with two attached hydrogens (primary N) is 1. The van der Waals surface area contributed by atoms with Crippen molar-refractivity contribution in [1.29, 1.82) is 0 Å². The molecule has 90 valence electrons. The highest BCUT2D eigenvalue weighted by molar-refractivity contribution is 14.1. The largest absolute Gasteiger partial charge is 0.271 e. The second-order valence-electron chi connectivity index (χ2n) is 3.51. The molecule has 0 aliphatic carbocycles. The molecule has 7 heteroatoms. The molecule has 0 saturated heterocycles. The van der Waals surface area contributed by atoms with Gasteiger partial charge in [-0.1, -0.05) is 23.4 Å². The summed E-state index contributed by atoms with van der Waals surface area (Å²) in [7, 11) is 1.84. The number of hydrogen-bond donors (Lipinski definition) is 2. The summed E-state index contributed by atoms with van der Waals surface area (Å²) in [6.45, 7) is 0. The first-order valence-corrected chi connectivity index (χ1v) is 6.78. The number of hydrazine groups is 1. The van der Waals surface area contributed by atoms with Gasteiger partial charge in [0.25, 0.3) is 0 Å². The summed E-state index contributed by atoms with van der Waals surface area (Å²) < 4.78 is 3.54. The van der Waals surface area contributed by atoms with Crippen molar-refractivity contribution in [3.63, 3.8) is 0 Å². The van der Waals surface area contributed by atoms with E-state index in [1.54, 1.807) is 4.68 Å². The van der Waals surface area contributed by atoms with Crippen LogP contribution in [0.1, 0.15) is 17.3 Å². The number of aromatic nitrogens is 3. The van der Waals surface area contributed by atoms with Crippen LogP contribution in [0.3, 0.4) is 0 Å². The molecule has 0 radical (unpaired) electrons. The first-order chi connectivity index (χ1) is 8.15. The molecule has 1 aromatic carbocycles. The van der Waals surface area contributed by atoms with E-state index in [2.05, 4.69) is 54.3 Å². The molecule has 1 aromatic heterocycles. The summed E-state index contributed by atoms with van der Waals surface area (Å²) >= 11 is 5.67. The van der Waals surface area contributed by atoms with Crippen LogP contribution in [0.5, 0.6) is 0 Å². The van der Waals surface area contributed by atoms with E-state index in [1.807, 2.05) is 31.3 Å². The van der Waals surface area contributed by atoms with Gasteiger partial charge in [0.15, 0.2) is 4.60 Å². The zero-order valence-corrected chi connectivity index (χ0v) is 12.8. The van der Waals surface area contributed by atoms with Crippen molar-refractivity contribution < 1.29 is 0 Å². The van der Waals surface area contributed by atoms with Crippen molar-refractivity contribution in [2.75, 3.05) is 0 Å². The summed E-state index contributed by atoms with van der Waals surface area (Å²) in [6, 6.07) is 7.91. The van der Waals surface area contributed by atoms with E-state index in [0.29, 0.717) is 4.60 Å². The number of hydrogen-bond acceptors (Lipinski definition) is 4. The molecule has 0 aliphatic rings. The van der Waals surface area contributed by atoms with Gasteiger partial charge >= 0.3 is 0 Å². The molecule has 1 heterocycles. The zero-order chi connectivity index (χ0) is 12.4. The van der Waals surface area contributed by atoms with E-state index >= 15 is 0 Å². The van der Waals surface area contributed by atoms with Gasteiger partial charge in [0.1, 0.15) is 0 Å². The van der Waals surface area contributed by atoms with Crippen molar-refractivity contribution in [3.05, 3.63) is 43.7 Å². The molecule has 0 fully saturated rings. The fourth-order valence-electron chi connectivity index (χ4n) is 1.67. The Morgan fingerprint density at radius 3 is 2.71 bits per heavy atom. The highest BCUT2D eigenvalue weighted by Gasteiger charge is 2.22. The molecule has 0 saturated carbocycles. The molecular weight excluding hydrogens is 397 g/mol. The molecule has 2 rings (SSSR count). The normalized spacial score (nSPS) is 12.7. The monoisotopic (exact) mass is 407 g/mol. The summed E-state index contributed by atoms with van der Waals surface area (Å²) in [5, 5.41) is 7.93. The van der Waals surface area contributed by atoms with Gasteiger partial charge < -0.3 is 0 Å². The highest BCUT2D eigenvalue weighted by Crippen LogP contribution is 2.28. The molecule has 17 heavy (non-hydrogen) atoms. The van der Waals surface area contributed by atoms with Crippen LogP contribution in [0, 0.1) is 3.57 Å². The first kappa shape index (κ1) is 12.9. The van der Waals surface area contributed by atoms with Crippen LogP contribution < -0.4 is 11.3 Å². The molecule has 3 N–H and O–H groups in total. The number of aryl methyl sites for hydroxylation is 1. The van der Waals surface area contributed by atoms with Crippen molar-refractivity contribution in [3.8, 4) is 0 Å². The number of halogens is 2. The quantitative estimate of drug-likeness (QED) is 0.462. The molecular formula is C10H11BrIN5. The maximum absolute atomic E-state index is 5.66. The Labute approximate surface area is 121 Å². The lowest BCUT2D eigenvalue weighted by Crippen LogP contribution is -2.31. The Morgan fingerprint density at radius 2 is 2.18 bits per heavy atom. The second kappa shape index (κ2) is 5.42. The Morgan fingerprint density at radius 1 is 1.47 bits per heavy atom. The van der Waals surface area contributed by atoms with Crippen molar-refractivity contribution in [1.82, 2.24) is 20.4 Å². The molecule has 5 nitrogen and oxygen atoms in total. The van der Waals surface area contributed by atoms with Crippen molar-refractivity contribution >= 4 is 38.5 Å². The topological polar surface area (TPSA) is 68.8 Å². The van der Waals surface area contributed by atoms with Crippen molar-refractivity contribution in [2.45, 2.75) is 6.04 Å². The molecule has 0 bridgehead atoms. The minimum absolute atomic E-state index is 0.141. The lowest BCUT2D eigenvalue weighted by molar-refractivity contribution is 0.567. The van der Waals surface area contributed by atoms with Gasteiger partial charge in [-0.05, 0) is 50.2 Å². The van der Waals surface area contributed by atoms with Crippen molar-refractivity contribution in [2.24, 2.45) is 12.9 Å². The van der Waals surface area contributed by atoms with Gasteiger partial charge in [0.2, 0.25) is 0 Å². The molecule has 2 aromatic rings. The summed E-state index contributed by atoms with van der Waals surface area (Å²) in [6.07, 6.45) is 0. The standard InChI is InChI=1S/C10H11BrIN5/c1-17-9(10(11)15-16-17)8(14-13)6-4-2-3-5-7(6)12/h2-5,8,14H,13H2,1H3. The molecule has 0 spiro atoms. The predicted octanol–water partition coefficient (Wildman–Crippen LogP) is 1.73. The molecule has 1 atom stereocenters. The van der Waals surface area contributed by atoms with Gasteiger partial charge in [0, 0.05) is 10.6 Å². The van der Waals surface area contributed by atoms with Crippen LogP contribution in [-0.2, 0) is 7.05 Å². The van der Waals surface area contributed by atoms with Gasteiger partial charge in [-0.3, -0.25) is 5.84 Å². The SMILES string of the molecule is Cn1nnc(Br)c1C(NN)c1ccccc1I. The summed E-state index contributed by atoms with van der Waals surface area (Å²) in [4.78, 5) is 0. The van der Waals surface area contributed by atoms with E-state index in [-0.39, 0.29) is 6.04 Å². The van der Waals surface area contributed by atoms with E-state index in [4.69, 9.17) is 5.84 Å². The van der Waals surface area contributed by atoms with E-state index in [1.165, 1.54) is 0 Å². The lowest BCUT2D eigenvalue weighted by Gasteiger charge is -2.18. The maximum Gasteiger partial charge on any atom is 0.153 e. The number of nitrogens with one attached hydrogen (secondary N) is 1. The van der Waals surface area contributed by atoms with Crippen LogP contribution in [0.25, 0.3) is 0 Å². The number of nitrogens with zero attached hydrogens (tertiary/aromatic N) is 3. The maximum atomic E-state index is 5.66. The third-order valence-electron chi connectivity index (χ3n) is 2.48. The smallest absolute Gasteiger partial charge is 0.153 e. The summed E-state index contributed by atoms with van der Waals surface area (Å²) in [5.74, 6) is 5.66. The van der Waals surface area contributed by atoms with Gasteiger partial charge in [-0.15, -0.1) is 5.10 Å². The van der Waals surface area contributed by atoms with Crippen LogP contribution >= 0.6 is 38.5 Å². The minimum Gasteiger partial charge on any atom is -0.271 e. The average molecular weight is 408 g/mol. The number of benzene rings is 1. The summed E-state index contributed by atoms with van der Waals surface area (Å²) in [5.41, 5.74) is 4.81. The fraction of sp³-hybridized carbons (Fsp3) is 0.200. The average Bonchev–Trinajstić information content (AvgIpc) is 2.64. The zero-order valence-electron chi connectivity index (χ0n) is 9.06. The van der Waals surface area contributed by atoms with E-state index < -0.39 is 0 Å². The van der Waals surface area contributed by atoms with Gasteiger partial charge in [0.05, 0.1) is 11.7 Å². The lowest BCUT2D eigenvalue weighted by atomic mass is 10.1. The van der Waals surface area contributed by atoms with Crippen LogP contribution in [0.4, 0.5) is 0 Å². The Bertz CT molecular complexity index is 508. The third kappa shape index (κ3) is 2.51. The molecule has 0 aliphatic heterocycles. The van der Waals surface area contributed by atoms with Gasteiger partial charge in [-0.25, -0.2) is 10.1 Å². The molecule has 0 amide bonds. The van der Waals surface area contributed by atoms with Crippen LogP contribution in [-0.4, -0.2) is 15.0 Å². The Hall–Kier alpha value is -0.510. The fourth-order valence-corrected chi connectivity index (χ4v) is 2.93. The molecule has 1 unspecified atom stereocenters. The van der Waals surface area contributed by atoms with E-state index in [0.717, 1.165) is 14.8 Å². The van der Waals surface area contributed by atoms with E-state index in [9.17, 15) is 0 Å². The van der Waals surface area contributed by atoms with Crippen LogP contribution in [0.15, 0.2) is 28.9 Å².